The highest BCUT2D eigenvalue weighted by Crippen LogP contribution is 2.32. The molecule has 0 fully saturated rings. The van der Waals surface area contributed by atoms with Crippen LogP contribution in [0.2, 0.25) is 0 Å². The molecule has 0 aromatic heterocycles. The average molecular weight is 358 g/mol. The Morgan fingerprint density at radius 3 is 1.88 bits per heavy atom. The molecular formula is C17H26ClN2O4-. The number of ether oxygens (including phenoxy) is 1. The molecule has 0 N–H and O–H groups in total. The van der Waals surface area contributed by atoms with E-state index in [0.717, 1.165) is 13.1 Å². The molecular weight excluding hydrogens is 332 g/mol. The predicted molar refractivity (Wildman–Crippen MR) is 90.1 cm³/mol. The van der Waals surface area contributed by atoms with Crippen molar-refractivity contribution in [2.45, 2.75) is 41.5 Å². The standard InChI is InChI=1S/C17H26N2O4.ClH/c1-7-18(8-2)9-10-23-17(20)15-11(3)13(5)16(19(21)22)14(6)12(15)4;/h7-10H2,1-6H3;1H/p-1. The van der Waals surface area contributed by atoms with Gasteiger partial charge in [0.15, 0.2) is 0 Å². The van der Waals surface area contributed by atoms with E-state index in [9.17, 15) is 14.9 Å². The average Bonchev–Trinajstić information content (AvgIpc) is 2.49. The fourth-order valence-electron chi connectivity index (χ4n) is 2.75. The van der Waals surface area contributed by atoms with Crippen LogP contribution in [0.5, 0.6) is 0 Å². The molecule has 136 valence electrons. The van der Waals surface area contributed by atoms with Crippen molar-refractivity contribution in [3.63, 3.8) is 0 Å². The first-order valence-electron chi connectivity index (χ1n) is 7.90. The van der Waals surface area contributed by atoms with Crippen LogP contribution >= 0.6 is 0 Å². The molecule has 0 bridgehead atoms. The van der Waals surface area contributed by atoms with E-state index in [1.165, 1.54) is 0 Å². The molecule has 24 heavy (non-hydrogen) atoms. The molecule has 0 saturated carbocycles. The normalized spacial score (nSPS) is 10.5. The van der Waals surface area contributed by atoms with Gasteiger partial charge in [0.1, 0.15) is 6.61 Å². The summed E-state index contributed by atoms with van der Waals surface area (Å²) in [6.07, 6.45) is 0. The lowest BCUT2D eigenvalue weighted by Gasteiger charge is -2.19. The monoisotopic (exact) mass is 357 g/mol. The Hall–Kier alpha value is -1.66. The van der Waals surface area contributed by atoms with Crippen LogP contribution < -0.4 is 12.4 Å². The van der Waals surface area contributed by atoms with Gasteiger partial charge in [-0.05, 0) is 51.9 Å². The Bertz CT molecular complexity index is 584. The number of nitro benzene ring substituents is 1. The quantitative estimate of drug-likeness (QED) is 0.399. The predicted octanol–water partition coefficient (Wildman–Crippen LogP) is 0.331. The summed E-state index contributed by atoms with van der Waals surface area (Å²) in [5.41, 5.74) is 2.81. The van der Waals surface area contributed by atoms with Gasteiger partial charge in [-0.2, -0.15) is 0 Å². The van der Waals surface area contributed by atoms with Crippen LogP contribution in [0.15, 0.2) is 0 Å². The Morgan fingerprint density at radius 2 is 1.50 bits per heavy atom. The van der Waals surface area contributed by atoms with Gasteiger partial charge < -0.3 is 22.0 Å². The molecule has 1 aromatic carbocycles. The van der Waals surface area contributed by atoms with Crippen molar-refractivity contribution in [3.05, 3.63) is 37.9 Å². The molecule has 0 aliphatic heterocycles. The van der Waals surface area contributed by atoms with Gasteiger partial charge in [0.2, 0.25) is 0 Å². The van der Waals surface area contributed by atoms with Crippen LogP contribution in [0.25, 0.3) is 0 Å². The van der Waals surface area contributed by atoms with Gasteiger partial charge in [-0.15, -0.1) is 0 Å². The molecule has 0 aliphatic carbocycles. The maximum Gasteiger partial charge on any atom is 0.338 e. The molecule has 0 heterocycles. The lowest BCUT2D eigenvalue weighted by molar-refractivity contribution is -0.386. The summed E-state index contributed by atoms with van der Waals surface area (Å²) in [7, 11) is 0. The lowest BCUT2D eigenvalue weighted by atomic mass is 9.92. The summed E-state index contributed by atoms with van der Waals surface area (Å²) in [5.74, 6) is -0.409. The Morgan fingerprint density at radius 1 is 1.04 bits per heavy atom. The van der Waals surface area contributed by atoms with E-state index in [-0.39, 0.29) is 23.0 Å². The lowest BCUT2D eigenvalue weighted by Crippen LogP contribution is -3.00. The zero-order valence-corrected chi connectivity index (χ0v) is 16.0. The van der Waals surface area contributed by atoms with Crippen LogP contribution in [-0.2, 0) is 4.74 Å². The molecule has 0 atom stereocenters. The first-order valence-corrected chi connectivity index (χ1v) is 7.90. The molecule has 0 spiro atoms. The van der Waals surface area contributed by atoms with Crippen LogP contribution in [0.1, 0.15) is 46.5 Å². The second-order valence-corrected chi connectivity index (χ2v) is 5.64. The molecule has 0 radical (unpaired) electrons. The van der Waals surface area contributed by atoms with Gasteiger partial charge in [-0.25, -0.2) is 4.79 Å². The Kier molecular flexibility index (Phi) is 8.93. The van der Waals surface area contributed by atoms with E-state index in [1.54, 1.807) is 27.7 Å². The van der Waals surface area contributed by atoms with E-state index in [4.69, 9.17) is 4.74 Å². The number of hydrogen-bond donors (Lipinski definition) is 0. The van der Waals surface area contributed by atoms with Crippen LogP contribution in [0.4, 0.5) is 5.69 Å². The molecule has 1 aromatic rings. The van der Waals surface area contributed by atoms with Gasteiger partial charge in [0.05, 0.1) is 10.5 Å². The fourth-order valence-corrected chi connectivity index (χ4v) is 2.75. The second kappa shape index (κ2) is 9.59. The Labute approximate surface area is 149 Å². The molecule has 0 saturated heterocycles. The molecule has 6 nitrogen and oxygen atoms in total. The zero-order valence-electron chi connectivity index (χ0n) is 15.2. The van der Waals surface area contributed by atoms with E-state index in [1.807, 2.05) is 0 Å². The highest BCUT2D eigenvalue weighted by atomic mass is 35.5. The summed E-state index contributed by atoms with van der Waals surface area (Å²) in [6, 6.07) is 0. The van der Waals surface area contributed by atoms with Crippen molar-refractivity contribution in [3.8, 4) is 0 Å². The van der Waals surface area contributed by atoms with Gasteiger partial charge in [-0.1, -0.05) is 13.8 Å². The van der Waals surface area contributed by atoms with Crippen molar-refractivity contribution >= 4 is 11.7 Å². The number of benzene rings is 1. The summed E-state index contributed by atoms with van der Waals surface area (Å²) >= 11 is 0. The van der Waals surface area contributed by atoms with E-state index in [0.29, 0.717) is 41.0 Å². The third-order valence-electron chi connectivity index (χ3n) is 4.51. The van der Waals surface area contributed by atoms with Crippen molar-refractivity contribution in [1.29, 1.82) is 0 Å². The Balaban J connectivity index is 0.00000529. The number of nitrogens with zero attached hydrogens (tertiary/aromatic N) is 2. The minimum Gasteiger partial charge on any atom is -1.00 e. The highest BCUT2D eigenvalue weighted by Gasteiger charge is 2.26. The minimum atomic E-state index is -0.409. The van der Waals surface area contributed by atoms with Gasteiger partial charge >= 0.3 is 5.97 Å². The third-order valence-corrected chi connectivity index (χ3v) is 4.51. The maximum absolute atomic E-state index is 12.4. The van der Waals surface area contributed by atoms with E-state index in [2.05, 4.69) is 18.7 Å². The van der Waals surface area contributed by atoms with E-state index >= 15 is 0 Å². The third kappa shape index (κ3) is 4.68. The zero-order chi connectivity index (χ0) is 17.7. The fraction of sp³-hybridized carbons (Fsp3) is 0.588. The van der Waals surface area contributed by atoms with Crippen molar-refractivity contribution in [2.75, 3.05) is 26.2 Å². The highest BCUT2D eigenvalue weighted by molar-refractivity contribution is 5.94. The topological polar surface area (TPSA) is 72.7 Å². The number of likely N-dealkylation sites (N-methyl/N-ethyl adjacent to an activating group) is 1. The molecule has 0 amide bonds. The van der Waals surface area contributed by atoms with Crippen LogP contribution in [0, 0.1) is 37.8 Å². The summed E-state index contributed by atoms with van der Waals surface area (Å²) in [6.45, 7) is 13.7. The molecule has 7 heteroatoms. The van der Waals surface area contributed by atoms with Gasteiger partial charge in [0.25, 0.3) is 5.69 Å². The number of hydrogen-bond acceptors (Lipinski definition) is 5. The number of esters is 1. The van der Waals surface area contributed by atoms with E-state index < -0.39 is 5.97 Å². The number of carbonyl (C=O) groups is 1. The van der Waals surface area contributed by atoms with Gasteiger partial charge in [0, 0.05) is 17.7 Å². The van der Waals surface area contributed by atoms with Gasteiger partial charge in [-0.3, -0.25) is 10.1 Å². The molecule has 0 unspecified atom stereocenters. The number of carbonyl (C=O) groups excluding carboxylic acids is 1. The largest absolute Gasteiger partial charge is 1.00 e. The maximum atomic E-state index is 12.4. The summed E-state index contributed by atoms with van der Waals surface area (Å²) < 4.78 is 5.38. The summed E-state index contributed by atoms with van der Waals surface area (Å²) in [5, 5.41) is 11.2. The van der Waals surface area contributed by atoms with Crippen molar-refractivity contribution in [1.82, 2.24) is 4.90 Å². The van der Waals surface area contributed by atoms with Crippen LogP contribution in [0.3, 0.4) is 0 Å². The van der Waals surface area contributed by atoms with Crippen LogP contribution in [-0.4, -0.2) is 42.0 Å². The number of halogens is 1. The second-order valence-electron chi connectivity index (χ2n) is 5.64. The molecule has 0 aliphatic rings. The smallest absolute Gasteiger partial charge is 0.338 e. The minimum absolute atomic E-state index is 0. The SMILES string of the molecule is CCN(CC)CCOC(=O)c1c(C)c(C)c([N+](=O)[O-])c(C)c1C.[Cl-]. The van der Waals surface area contributed by atoms with Crippen molar-refractivity contribution < 1.29 is 26.9 Å². The summed E-state index contributed by atoms with van der Waals surface area (Å²) in [4.78, 5) is 25.4. The van der Waals surface area contributed by atoms with Crippen molar-refractivity contribution in [2.24, 2.45) is 0 Å². The first-order chi connectivity index (χ1) is 10.8. The first kappa shape index (κ1) is 22.3. The number of rotatable bonds is 7. The number of nitro groups is 1. The molecule has 1 rings (SSSR count).